The predicted molar refractivity (Wildman–Crippen MR) is 130 cm³/mol. The minimum atomic E-state index is -0.800. The zero-order chi connectivity index (χ0) is 22.8. The van der Waals surface area contributed by atoms with E-state index in [0.29, 0.717) is 22.8 Å². The number of aliphatic carboxylic acids is 1. The second-order valence-electron chi connectivity index (χ2n) is 8.79. The largest absolute Gasteiger partial charge is 0.481 e. The van der Waals surface area contributed by atoms with Crippen molar-refractivity contribution in [3.63, 3.8) is 0 Å². The smallest absolute Gasteiger partial charge is 0.324 e. The summed E-state index contributed by atoms with van der Waals surface area (Å²) in [4.78, 5) is 30.7. The van der Waals surface area contributed by atoms with E-state index in [0.717, 1.165) is 55.9 Å². The molecule has 2 amide bonds. The van der Waals surface area contributed by atoms with Gasteiger partial charge in [-0.15, -0.1) is 11.8 Å². The van der Waals surface area contributed by atoms with Crippen LogP contribution in [-0.4, -0.2) is 58.0 Å². The number of carboxylic acid groups (broad SMARTS) is 1. The third-order valence-electron chi connectivity index (χ3n) is 6.48. The van der Waals surface area contributed by atoms with Crippen molar-refractivity contribution in [3.8, 4) is 0 Å². The predicted octanol–water partition coefficient (Wildman–Crippen LogP) is 5.86. The van der Waals surface area contributed by atoms with Gasteiger partial charge in [0, 0.05) is 31.1 Å². The van der Waals surface area contributed by atoms with Crippen molar-refractivity contribution < 1.29 is 19.4 Å². The summed E-state index contributed by atoms with van der Waals surface area (Å²) >= 11 is 2.89. The Labute approximate surface area is 199 Å². The Morgan fingerprint density at radius 2 is 1.84 bits per heavy atom. The monoisotopic (exact) mass is 483 g/mol. The van der Waals surface area contributed by atoms with Crippen LogP contribution in [0.5, 0.6) is 0 Å². The number of nitrogens with one attached hydrogen (secondary N) is 1. The van der Waals surface area contributed by atoms with Crippen molar-refractivity contribution in [1.29, 1.82) is 0 Å². The van der Waals surface area contributed by atoms with Gasteiger partial charge < -0.3 is 14.7 Å². The molecular formula is C23H37N3O4S2. The van der Waals surface area contributed by atoms with Gasteiger partial charge in [0.25, 0.3) is 0 Å². The molecule has 0 unspecified atom stereocenters. The van der Waals surface area contributed by atoms with Gasteiger partial charge in [-0.1, -0.05) is 37.0 Å². The van der Waals surface area contributed by atoms with Crippen molar-refractivity contribution in [2.24, 2.45) is 5.92 Å². The van der Waals surface area contributed by atoms with Gasteiger partial charge in [-0.05, 0) is 51.4 Å². The van der Waals surface area contributed by atoms with Crippen LogP contribution in [-0.2, 0) is 9.53 Å². The molecule has 2 fully saturated rings. The highest BCUT2D eigenvalue weighted by atomic mass is 32.2. The van der Waals surface area contributed by atoms with Crippen LogP contribution in [0.15, 0.2) is 10.4 Å². The molecule has 2 aliphatic carbocycles. The van der Waals surface area contributed by atoms with Crippen molar-refractivity contribution in [2.75, 3.05) is 24.3 Å². The summed E-state index contributed by atoms with van der Waals surface area (Å²) in [5.41, 5.74) is 0. The Balaban J connectivity index is 1.62. The van der Waals surface area contributed by atoms with Crippen LogP contribution in [0, 0.1) is 5.92 Å². The summed E-state index contributed by atoms with van der Waals surface area (Å²) < 4.78 is 6.57. The molecule has 0 bridgehead atoms. The van der Waals surface area contributed by atoms with Crippen LogP contribution in [0.2, 0.25) is 0 Å². The van der Waals surface area contributed by atoms with Gasteiger partial charge >= 0.3 is 12.0 Å². The van der Waals surface area contributed by atoms with Crippen LogP contribution in [0.1, 0.15) is 77.6 Å². The number of hydrogen-bond acceptors (Lipinski definition) is 6. The number of thioether (sulfide) groups is 1. The van der Waals surface area contributed by atoms with Gasteiger partial charge in [-0.3, -0.25) is 10.1 Å². The quantitative estimate of drug-likeness (QED) is 0.320. The summed E-state index contributed by atoms with van der Waals surface area (Å²) in [5.74, 6) is 0.310. The summed E-state index contributed by atoms with van der Waals surface area (Å²) in [5, 5.41) is 12.5. The molecule has 2 aliphatic rings. The summed E-state index contributed by atoms with van der Waals surface area (Å²) in [6, 6.07) is 0.553. The molecule has 0 aromatic carbocycles. The van der Waals surface area contributed by atoms with Crippen molar-refractivity contribution in [1.82, 2.24) is 9.88 Å². The average Bonchev–Trinajstić information content (AvgIpc) is 3.04. The lowest BCUT2D eigenvalue weighted by atomic mass is 9.85. The number of hydrogen-bond donors (Lipinski definition) is 2. The fourth-order valence-corrected chi connectivity index (χ4v) is 6.69. The molecule has 0 aliphatic heterocycles. The number of carboxylic acids is 1. The van der Waals surface area contributed by atoms with E-state index in [-0.39, 0.29) is 18.5 Å². The Hall–Kier alpha value is -1.32. The molecule has 3 rings (SSSR count). The van der Waals surface area contributed by atoms with Gasteiger partial charge in [0.2, 0.25) is 0 Å². The first kappa shape index (κ1) is 25.3. The highest BCUT2D eigenvalue weighted by molar-refractivity contribution is 8.01. The van der Waals surface area contributed by atoms with Gasteiger partial charge in [-0.25, -0.2) is 9.78 Å². The van der Waals surface area contributed by atoms with Gasteiger partial charge in [0.1, 0.15) is 0 Å². The molecule has 0 atom stereocenters. The summed E-state index contributed by atoms with van der Waals surface area (Å²) in [6.45, 7) is 3.64. The van der Waals surface area contributed by atoms with Crippen molar-refractivity contribution >= 4 is 40.2 Å². The lowest BCUT2D eigenvalue weighted by Gasteiger charge is -2.41. The second-order valence-corrected chi connectivity index (χ2v) is 11.2. The topological polar surface area (TPSA) is 91.8 Å². The van der Waals surface area contributed by atoms with Crippen molar-refractivity contribution in [2.45, 2.75) is 93.8 Å². The average molecular weight is 484 g/mol. The first-order valence-electron chi connectivity index (χ1n) is 12.0. The minimum absolute atomic E-state index is 0.0263. The maximum absolute atomic E-state index is 13.5. The molecule has 1 aromatic heterocycles. The molecule has 2 N–H and O–H groups in total. The zero-order valence-corrected chi connectivity index (χ0v) is 20.7. The van der Waals surface area contributed by atoms with E-state index >= 15 is 0 Å². The number of thiazole rings is 1. The Morgan fingerprint density at radius 3 is 2.50 bits per heavy atom. The number of ether oxygens (including phenoxy) is 1. The SMILES string of the molecule is CCOC[C@H]1CC[C@H](N(C(=O)Nc2ncc(SCCC(=O)O)s2)C2CCCCCC2)CC1. The van der Waals surface area contributed by atoms with E-state index in [9.17, 15) is 9.59 Å². The van der Waals surface area contributed by atoms with Gasteiger partial charge in [0.05, 0.1) is 16.8 Å². The molecule has 0 saturated heterocycles. The molecular weight excluding hydrogens is 446 g/mol. The number of anilines is 1. The van der Waals surface area contributed by atoms with Crippen LogP contribution in [0.3, 0.4) is 0 Å². The van der Waals surface area contributed by atoms with E-state index in [2.05, 4.69) is 15.2 Å². The molecule has 9 heteroatoms. The normalized spacial score (nSPS) is 22.3. The van der Waals surface area contributed by atoms with Crippen LogP contribution in [0.25, 0.3) is 0 Å². The van der Waals surface area contributed by atoms with Crippen LogP contribution in [0.4, 0.5) is 9.93 Å². The first-order valence-corrected chi connectivity index (χ1v) is 13.8. The number of amides is 2. The fraction of sp³-hybridized carbons (Fsp3) is 0.783. The molecule has 2 saturated carbocycles. The van der Waals surface area contributed by atoms with Crippen molar-refractivity contribution in [3.05, 3.63) is 6.20 Å². The van der Waals surface area contributed by atoms with Gasteiger partial charge in [0.15, 0.2) is 5.13 Å². The Kier molecular flexibility index (Phi) is 10.6. The Morgan fingerprint density at radius 1 is 1.16 bits per heavy atom. The molecule has 32 heavy (non-hydrogen) atoms. The zero-order valence-electron chi connectivity index (χ0n) is 19.1. The van der Waals surface area contributed by atoms with E-state index < -0.39 is 5.97 Å². The van der Waals surface area contributed by atoms with E-state index in [4.69, 9.17) is 9.84 Å². The lowest BCUT2D eigenvalue weighted by Crippen LogP contribution is -2.50. The molecule has 0 spiro atoms. The van der Waals surface area contributed by atoms with Gasteiger partial charge in [-0.2, -0.15) is 0 Å². The number of aromatic nitrogens is 1. The number of nitrogens with zero attached hydrogens (tertiary/aromatic N) is 2. The first-order chi connectivity index (χ1) is 15.6. The highest BCUT2D eigenvalue weighted by Crippen LogP contribution is 2.34. The maximum Gasteiger partial charge on any atom is 0.324 e. The molecule has 1 heterocycles. The number of carbonyl (C=O) groups excluding carboxylic acids is 1. The lowest BCUT2D eigenvalue weighted by molar-refractivity contribution is -0.136. The highest BCUT2D eigenvalue weighted by Gasteiger charge is 2.34. The second kappa shape index (κ2) is 13.4. The molecule has 7 nitrogen and oxygen atoms in total. The van der Waals surface area contributed by atoms with E-state index in [1.165, 1.54) is 48.8 Å². The standard InChI is InChI=1S/C23H37N3O4S2/c1-2-30-16-17-9-11-19(12-10-17)26(18-7-5-3-4-6-8-18)23(29)25-22-24-15-21(32-22)31-14-13-20(27)28/h15,17-19H,2-14,16H2,1H3,(H,27,28)(H,24,25,29)/t17-,19-. The number of rotatable bonds is 10. The third-order valence-corrected chi connectivity index (χ3v) is 8.59. The van der Waals surface area contributed by atoms with Crippen LogP contribution < -0.4 is 5.32 Å². The minimum Gasteiger partial charge on any atom is -0.481 e. The fourth-order valence-electron chi connectivity index (χ4n) is 4.82. The summed E-state index contributed by atoms with van der Waals surface area (Å²) in [7, 11) is 0. The van der Waals surface area contributed by atoms with Crippen LogP contribution >= 0.6 is 23.1 Å². The molecule has 180 valence electrons. The summed E-state index contributed by atoms with van der Waals surface area (Å²) in [6.07, 6.45) is 13.2. The van der Waals surface area contributed by atoms with E-state index in [1.54, 1.807) is 6.20 Å². The maximum atomic E-state index is 13.5. The molecule has 1 aromatic rings. The third kappa shape index (κ3) is 7.92. The van der Waals surface area contributed by atoms with E-state index in [1.807, 2.05) is 6.92 Å². The molecule has 0 radical (unpaired) electrons. The Bertz CT molecular complexity index is 714. The number of urea groups is 1. The number of carbonyl (C=O) groups is 2.